The van der Waals surface area contributed by atoms with Gasteiger partial charge in [-0.3, -0.25) is 10.1 Å². The Hall–Kier alpha value is -2.68. The zero-order chi connectivity index (χ0) is 18.5. The second kappa shape index (κ2) is 8.13. The predicted molar refractivity (Wildman–Crippen MR) is 105 cm³/mol. The molecule has 3 aromatic rings. The van der Waals surface area contributed by atoms with Crippen LogP contribution in [0.3, 0.4) is 0 Å². The first kappa shape index (κ1) is 18.1. The highest BCUT2D eigenvalue weighted by molar-refractivity contribution is 7.80. The standard InChI is InChI=1S/C18H16N2O4S2/c1-23-15-9-11(4-6-13(15)14-7-5-12(10-21)24-14)19-18(25)20-17(22)16-3-2-8-26-16/h2-9,21H,10H2,1H3,(H2,19,20,22,25). The van der Waals surface area contributed by atoms with E-state index >= 15 is 0 Å². The fourth-order valence-electron chi connectivity index (χ4n) is 2.31. The molecular formula is C18H16N2O4S2. The average Bonchev–Trinajstić information content (AvgIpc) is 3.33. The molecule has 2 aromatic heterocycles. The molecule has 0 saturated carbocycles. The number of rotatable bonds is 5. The van der Waals surface area contributed by atoms with Crippen LogP contribution in [0, 0.1) is 0 Å². The average molecular weight is 388 g/mol. The summed E-state index contributed by atoms with van der Waals surface area (Å²) in [5.74, 6) is 1.38. The van der Waals surface area contributed by atoms with Gasteiger partial charge in [0.15, 0.2) is 5.11 Å². The smallest absolute Gasteiger partial charge is 0.267 e. The lowest BCUT2D eigenvalue weighted by Crippen LogP contribution is -2.33. The van der Waals surface area contributed by atoms with Crippen molar-refractivity contribution in [1.82, 2.24) is 5.32 Å². The number of hydrogen-bond donors (Lipinski definition) is 3. The number of carbonyl (C=O) groups excluding carboxylic acids is 1. The highest BCUT2D eigenvalue weighted by Crippen LogP contribution is 2.33. The van der Waals surface area contributed by atoms with Gasteiger partial charge in [0.1, 0.15) is 23.9 Å². The van der Waals surface area contributed by atoms with Crippen molar-refractivity contribution in [3.05, 3.63) is 58.5 Å². The summed E-state index contributed by atoms with van der Waals surface area (Å²) in [5, 5.41) is 16.7. The molecule has 134 valence electrons. The Morgan fingerprint density at radius 1 is 1.31 bits per heavy atom. The number of benzene rings is 1. The van der Waals surface area contributed by atoms with E-state index in [0.717, 1.165) is 5.56 Å². The molecule has 1 aromatic carbocycles. The van der Waals surface area contributed by atoms with Crippen molar-refractivity contribution in [3.8, 4) is 17.1 Å². The summed E-state index contributed by atoms with van der Waals surface area (Å²) in [6, 6.07) is 12.4. The molecule has 26 heavy (non-hydrogen) atoms. The number of aliphatic hydroxyl groups is 1. The molecule has 8 heteroatoms. The summed E-state index contributed by atoms with van der Waals surface area (Å²) in [7, 11) is 1.55. The molecule has 1 amide bonds. The minimum atomic E-state index is -0.256. The zero-order valence-electron chi connectivity index (χ0n) is 13.8. The summed E-state index contributed by atoms with van der Waals surface area (Å²) in [6.45, 7) is -0.167. The lowest BCUT2D eigenvalue weighted by molar-refractivity contribution is 0.0981. The molecule has 0 aliphatic carbocycles. The third-order valence-corrected chi connectivity index (χ3v) is 4.59. The molecule has 0 atom stereocenters. The zero-order valence-corrected chi connectivity index (χ0v) is 15.4. The van der Waals surface area contributed by atoms with Gasteiger partial charge in [-0.25, -0.2) is 0 Å². The first-order valence-electron chi connectivity index (χ1n) is 7.64. The van der Waals surface area contributed by atoms with Crippen molar-refractivity contribution in [3.63, 3.8) is 0 Å². The van der Waals surface area contributed by atoms with Gasteiger partial charge in [-0.2, -0.15) is 0 Å². The van der Waals surface area contributed by atoms with Crippen LogP contribution in [0.15, 0.2) is 52.3 Å². The highest BCUT2D eigenvalue weighted by atomic mass is 32.1. The summed E-state index contributed by atoms with van der Waals surface area (Å²) in [6.07, 6.45) is 0. The van der Waals surface area contributed by atoms with E-state index in [0.29, 0.717) is 27.8 Å². The summed E-state index contributed by atoms with van der Waals surface area (Å²) < 4.78 is 11.0. The van der Waals surface area contributed by atoms with Crippen molar-refractivity contribution in [2.45, 2.75) is 6.61 Å². The molecule has 0 bridgehead atoms. The third-order valence-electron chi connectivity index (χ3n) is 3.51. The highest BCUT2D eigenvalue weighted by Gasteiger charge is 2.13. The molecule has 3 N–H and O–H groups in total. The molecule has 0 unspecified atom stereocenters. The number of methoxy groups -OCH3 is 1. The largest absolute Gasteiger partial charge is 0.496 e. The van der Waals surface area contributed by atoms with Crippen LogP contribution >= 0.6 is 23.6 Å². The maximum atomic E-state index is 12.0. The number of aliphatic hydroxyl groups excluding tert-OH is 1. The van der Waals surface area contributed by atoms with Crippen LogP contribution in [-0.2, 0) is 6.61 Å². The number of amides is 1. The number of nitrogens with one attached hydrogen (secondary N) is 2. The van der Waals surface area contributed by atoms with E-state index in [1.165, 1.54) is 11.3 Å². The maximum Gasteiger partial charge on any atom is 0.267 e. The van der Waals surface area contributed by atoms with Crippen LogP contribution in [0.1, 0.15) is 15.4 Å². The van der Waals surface area contributed by atoms with Gasteiger partial charge < -0.3 is 19.6 Å². The lowest BCUT2D eigenvalue weighted by atomic mass is 10.1. The molecule has 0 aliphatic heterocycles. The Morgan fingerprint density at radius 2 is 2.15 bits per heavy atom. The molecule has 0 spiro atoms. The van der Waals surface area contributed by atoms with Crippen molar-refractivity contribution in [2.24, 2.45) is 0 Å². The van der Waals surface area contributed by atoms with Gasteiger partial charge >= 0.3 is 0 Å². The molecule has 0 aliphatic rings. The SMILES string of the molecule is COc1cc(NC(=S)NC(=O)c2cccs2)ccc1-c1ccc(CO)o1. The van der Waals surface area contributed by atoms with Crippen LogP contribution in [-0.4, -0.2) is 23.2 Å². The summed E-state index contributed by atoms with van der Waals surface area (Å²) in [5.41, 5.74) is 1.40. The number of thiocarbonyl (C=S) groups is 1. The van der Waals surface area contributed by atoms with Crippen molar-refractivity contribution < 1.29 is 19.1 Å². The molecule has 0 radical (unpaired) electrons. The van der Waals surface area contributed by atoms with E-state index < -0.39 is 0 Å². The van der Waals surface area contributed by atoms with Gasteiger partial charge in [0.25, 0.3) is 5.91 Å². The number of carbonyl (C=O) groups is 1. The van der Waals surface area contributed by atoms with E-state index in [1.54, 1.807) is 43.5 Å². The predicted octanol–water partition coefficient (Wildman–Crippen LogP) is 3.64. The van der Waals surface area contributed by atoms with Crippen molar-refractivity contribution >= 4 is 40.3 Å². The number of thiophene rings is 1. The third kappa shape index (κ3) is 4.10. The fourth-order valence-corrected chi connectivity index (χ4v) is 3.14. The van der Waals surface area contributed by atoms with Gasteiger partial charge in [-0.05, 0) is 47.9 Å². The minimum absolute atomic E-state index is 0.167. The summed E-state index contributed by atoms with van der Waals surface area (Å²) >= 11 is 6.53. The second-order valence-electron chi connectivity index (χ2n) is 5.22. The number of furan rings is 1. The van der Waals surface area contributed by atoms with Crippen LogP contribution in [0.25, 0.3) is 11.3 Å². The minimum Gasteiger partial charge on any atom is -0.496 e. The Balaban J connectivity index is 1.72. The Kier molecular flexibility index (Phi) is 5.67. The number of hydrogen-bond acceptors (Lipinski definition) is 6. The first-order chi connectivity index (χ1) is 12.6. The number of anilines is 1. The van der Waals surface area contributed by atoms with Gasteiger partial charge in [0, 0.05) is 11.8 Å². The molecular weight excluding hydrogens is 372 g/mol. The van der Waals surface area contributed by atoms with E-state index in [-0.39, 0.29) is 17.6 Å². The van der Waals surface area contributed by atoms with Gasteiger partial charge in [0.2, 0.25) is 0 Å². The monoisotopic (exact) mass is 388 g/mol. The quantitative estimate of drug-likeness (QED) is 0.579. The van der Waals surface area contributed by atoms with E-state index in [1.807, 2.05) is 11.4 Å². The van der Waals surface area contributed by atoms with Crippen molar-refractivity contribution in [2.75, 3.05) is 12.4 Å². The van der Waals surface area contributed by atoms with Gasteiger partial charge in [-0.1, -0.05) is 6.07 Å². The van der Waals surface area contributed by atoms with Crippen LogP contribution in [0.2, 0.25) is 0 Å². The van der Waals surface area contributed by atoms with E-state index in [2.05, 4.69) is 10.6 Å². The van der Waals surface area contributed by atoms with E-state index in [9.17, 15) is 4.79 Å². The van der Waals surface area contributed by atoms with Gasteiger partial charge in [-0.15, -0.1) is 11.3 Å². The lowest BCUT2D eigenvalue weighted by Gasteiger charge is -2.12. The molecule has 0 fully saturated rings. The van der Waals surface area contributed by atoms with Crippen LogP contribution in [0.5, 0.6) is 5.75 Å². The second-order valence-corrected chi connectivity index (χ2v) is 6.58. The van der Waals surface area contributed by atoms with Gasteiger partial charge in [0.05, 0.1) is 17.6 Å². The van der Waals surface area contributed by atoms with Crippen LogP contribution in [0.4, 0.5) is 5.69 Å². The Morgan fingerprint density at radius 3 is 2.81 bits per heavy atom. The fraction of sp³-hybridized carbons (Fsp3) is 0.111. The molecule has 6 nitrogen and oxygen atoms in total. The number of ether oxygens (including phenoxy) is 1. The maximum absolute atomic E-state index is 12.0. The molecule has 3 rings (SSSR count). The summed E-state index contributed by atoms with van der Waals surface area (Å²) in [4.78, 5) is 12.6. The Labute approximate surface area is 159 Å². The topological polar surface area (TPSA) is 83.7 Å². The molecule has 2 heterocycles. The van der Waals surface area contributed by atoms with Crippen LogP contribution < -0.4 is 15.4 Å². The normalized spacial score (nSPS) is 10.4. The van der Waals surface area contributed by atoms with Crippen molar-refractivity contribution in [1.29, 1.82) is 0 Å². The van der Waals surface area contributed by atoms with E-state index in [4.69, 9.17) is 26.5 Å². The Bertz CT molecular complexity index is 919. The molecule has 0 saturated heterocycles. The first-order valence-corrected chi connectivity index (χ1v) is 8.93.